The normalized spacial score (nSPS) is 11.8. The van der Waals surface area contributed by atoms with Gasteiger partial charge in [0.25, 0.3) is 0 Å². The summed E-state index contributed by atoms with van der Waals surface area (Å²) >= 11 is 10.1. The van der Waals surface area contributed by atoms with Crippen LogP contribution in [0.5, 0.6) is 0 Å². The summed E-state index contributed by atoms with van der Waals surface area (Å²) in [5.41, 5.74) is -0.0936. The summed E-state index contributed by atoms with van der Waals surface area (Å²) in [7, 11) is -4.04. The third kappa shape index (κ3) is 4.02. The van der Waals surface area contributed by atoms with E-state index in [0.29, 0.717) is 13.7 Å². The lowest BCUT2D eigenvalue weighted by atomic mass is 10.2. The van der Waals surface area contributed by atoms with E-state index < -0.39 is 27.3 Å². The quantitative estimate of drug-likeness (QED) is 0.789. The van der Waals surface area contributed by atoms with Crippen LogP contribution in [-0.2, 0) is 23.2 Å². The Labute approximate surface area is 138 Å². The highest BCUT2D eigenvalue weighted by Crippen LogP contribution is 2.25. The van der Waals surface area contributed by atoms with Gasteiger partial charge in [-0.05, 0) is 24.3 Å². The first-order chi connectivity index (χ1) is 9.83. The topological polar surface area (TPSA) is 66.4 Å². The fourth-order valence-electron chi connectivity index (χ4n) is 1.62. The standard InChI is InChI=1S/C12H10BrClFNO3S2/c13-8-3-7(6-17)12(15)10(4-8)21(18,19)16-5-9-1-2-11(14)20-9/h1-4,16-17H,5-6H2. The minimum absolute atomic E-state index is 0.0140. The Morgan fingerprint density at radius 3 is 2.67 bits per heavy atom. The third-order valence-corrected chi connectivity index (χ3v) is 5.69. The molecule has 2 rings (SSSR count). The summed E-state index contributed by atoms with van der Waals surface area (Å²) in [6.07, 6.45) is 0. The number of aliphatic hydroxyl groups excluding tert-OH is 1. The predicted molar refractivity (Wildman–Crippen MR) is 83.4 cm³/mol. The van der Waals surface area contributed by atoms with Crippen LogP contribution in [0.25, 0.3) is 0 Å². The van der Waals surface area contributed by atoms with Crippen LogP contribution in [0.4, 0.5) is 4.39 Å². The van der Waals surface area contributed by atoms with E-state index >= 15 is 0 Å². The van der Waals surface area contributed by atoms with Gasteiger partial charge in [0.15, 0.2) is 0 Å². The maximum atomic E-state index is 14.1. The van der Waals surface area contributed by atoms with E-state index in [1.54, 1.807) is 12.1 Å². The molecule has 0 aliphatic heterocycles. The van der Waals surface area contributed by atoms with Gasteiger partial charge in [0, 0.05) is 21.5 Å². The minimum Gasteiger partial charge on any atom is -0.392 e. The molecule has 0 unspecified atom stereocenters. The van der Waals surface area contributed by atoms with Gasteiger partial charge in [0.2, 0.25) is 10.0 Å². The first-order valence-electron chi connectivity index (χ1n) is 5.66. The average molecular weight is 415 g/mol. The Hall–Kier alpha value is -0.510. The predicted octanol–water partition coefficient (Wildman–Crippen LogP) is 3.27. The van der Waals surface area contributed by atoms with E-state index in [0.717, 1.165) is 6.07 Å². The Morgan fingerprint density at radius 1 is 1.38 bits per heavy atom. The fourth-order valence-corrected chi connectivity index (χ4v) is 4.55. The highest BCUT2D eigenvalue weighted by atomic mass is 79.9. The number of thiophene rings is 1. The van der Waals surface area contributed by atoms with Crippen LogP contribution < -0.4 is 4.72 Å². The number of nitrogens with one attached hydrogen (secondary N) is 1. The molecular weight excluding hydrogens is 405 g/mol. The molecule has 0 spiro atoms. The summed E-state index contributed by atoms with van der Waals surface area (Å²) < 4.78 is 41.6. The van der Waals surface area contributed by atoms with E-state index in [1.807, 2.05) is 0 Å². The summed E-state index contributed by atoms with van der Waals surface area (Å²) in [6.45, 7) is -0.575. The number of hydrogen-bond acceptors (Lipinski definition) is 4. The highest BCUT2D eigenvalue weighted by molar-refractivity contribution is 9.10. The van der Waals surface area contributed by atoms with Gasteiger partial charge in [-0.3, -0.25) is 0 Å². The van der Waals surface area contributed by atoms with Crippen molar-refractivity contribution in [3.63, 3.8) is 0 Å². The van der Waals surface area contributed by atoms with E-state index in [4.69, 9.17) is 16.7 Å². The van der Waals surface area contributed by atoms with E-state index in [-0.39, 0.29) is 12.1 Å². The maximum Gasteiger partial charge on any atom is 0.243 e. The SMILES string of the molecule is O=S(=O)(NCc1ccc(Cl)s1)c1cc(Br)cc(CO)c1F. The van der Waals surface area contributed by atoms with Gasteiger partial charge in [-0.25, -0.2) is 17.5 Å². The van der Waals surface area contributed by atoms with Crippen LogP contribution in [0.1, 0.15) is 10.4 Å². The zero-order chi connectivity index (χ0) is 15.6. The Kier molecular flexibility index (Phi) is 5.39. The molecule has 0 saturated carbocycles. The van der Waals surface area contributed by atoms with Crippen molar-refractivity contribution in [1.29, 1.82) is 0 Å². The zero-order valence-electron chi connectivity index (χ0n) is 10.4. The molecule has 9 heteroatoms. The van der Waals surface area contributed by atoms with Gasteiger partial charge in [0.1, 0.15) is 10.7 Å². The number of aliphatic hydroxyl groups is 1. The van der Waals surface area contributed by atoms with Crippen molar-refractivity contribution in [1.82, 2.24) is 4.72 Å². The molecule has 0 radical (unpaired) electrons. The van der Waals surface area contributed by atoms with Crippen molar-refractivity contribution in [2.75, 3.05) is 0 Å². The van der Waals surface area contributed by atoms with Gasteiger partial charge in [-0.2, -0.15) is 0 Å². The van der Waals surface area contributed by atoms with Crippen molar-refractivity contribution in [2.45, 2.75) is 18.0 Å². The minimum atomic E-state index is -4.04. The molecule has 1 heterocycles. The van der Waals surface area contributed by atoms with Gasteiger partial charge >= 0.3 is 0 Å². The van der Waals surface area contributed by atoms with Gasteiger partial charge in [0.05, 0.1) is 10.9 Å². The molecule has 21 heavy (non-hydrogen) atoms. The van der Waals surface area contributed by atoms with E-state index in [2.05, 4.69) is 20.7 Å². The van der Waals surface area contributed by atoms with Crippen LogP contribution in [0.15, 0.2) is 33.6 Å². The summed E-state index contributed by atoms with van der Waals surface area (Å²) in [6, 6.07) is 5.82. The van der Waals surface area contributed by atoms with Crippen LogP contribution in [0.2, 0.25) is 4.34 Å². The third-order valence-electron chi connectivity index (χ3n) is 2.60. The van der Waals surface area contributed by atoms with Crippen LogP contribution in [0, 0.1) is 5.82 Å². The molecule has 1 aromatic carbocycles. The van der Waals surface area contributed by atoms with E-state index in [9.17, 15) is 12.8 Å². The lowest BCUT2D eigenvalue weighted by Crippen LogP contribution is -2.24. The van der Waals surface area contributed by atoms with E-state index in [1.165, 1.54) is 17.4 Å². The molecule has 0 bridgehead atoms. The number of halogens is 3. The van der Waals surface area contributed by atoms with Crippen molar-refractivity contribution >= 4 is 48.9 Å². The van der Waals surface area contributed by atoms with Crippen molar-refractivity contribution in [3.05, 3.63) is 49.3 Å². The lowest BCUT2D eigenvalue weighted by molar-refractivity contribution is 0.274. The lowest BCUT2D eigenvalue weighted by Gasteiger charge is -2.10. The molecule has 2 N–H and O–H groups in total. The number of sulfonamides is 1. The summed E-state index contributed by atoms with van der Waals surface area (Å²) in [5.74, 6) is -0.961. The van der Waals surface area contributed by atoms with Gasteiger partial charge in [-0.1, -0.05) is 27.5 Å². The second kappa shape index (κ2) is 6.72. The molecule has 2 aromatic rings. The maximum absolute atomic E-state index is 14.1. The second-order valence-electron chi connectivity index (χ2n) is 4.07. The number of rotatable bonds is 5. The largest absolute Gasteiger partial charge is 0.392 e. The molecule has 4 nitrogen and oxygen atoms in total. The first kappa shape index (κ1) is 16.9. The molecule has 0 saturated heterocycles. The Bertz CT molecular complexity index is 764. The second-order valence-corrected chi connectivity index (χ2v) is 8.52. The summed E-state index contributed by atoms with van der Waals surface area (Å²) in [4.78, 5) is 0.199. The van der Waals surface area contributed by atoms with Crippen LogP contribution in [0.3, 0.4) is 0 Å². The summed E-state index contributed by atoms with van der Waals surface area (Å²) in [5, 5.41) is 9.05. The highest BCUT2D eigenvalue weighted by Gasteiger charge is 2.22. The monoisotopic (exact) mass is 413 g/mol. The average Bonchev–Trinajstić information content (AvgIpc) is 2.84. The molecule has 0 atom stereocenters. The molecule has 0 amide bonds. The number of hydrogen-bond donors (Lipinski definition) is 2. The first-order valence-corrected chi connectivity index (χ1v) is 9.13. The Balaban J connectivity index is 2.29. The van der Waals surface area contributed by atoms with Crippen LogP contribution in [-0.4, -0.2) is 13.5 Å². The fraction of sp³-hybridized carbons (Fsp3) is 0.167. The molecule has 1 aromatic heterocycles. The van der Waals surface area contributed by atoms with Gasteiger partial charge in [-0.15, -0.1) is 11.3 Å². The molecule has 114 valence electrons. The van der Waals surface area contributed by atoms with Gasteiger partial charge < -0.3 is 5.11 Å². The van der Waals surface area contributed by atoms with Crippen molar-refractivity contribution < 1.29 is 17.9 Å². The van der Waals surface area contributed by atoms with Crippen molar-refractivity contribution in [2.24, 2.45) is 0 Å². The van der Waals surface area contributed by atoms with Crippen LogP contribution >= 0.6 is 38.9 Å². The molecule has 0 aliphatic rings. The number of benzene rings is 1. The molecule has 0 aliphatic carbocycles. The zero-order valence-corrected chi connectivity index (χ0v) is 14.4. The molecular formula is C12H10BrClFNO3S2. The molecule has 0 fully saturated rings. The smallest absolute Gasteiger partial charge is 0.243 e. The Morgan fingerprint density at radius 2 is 2.10 bits per heavy atom. The van der Waals surface area contributed by atoms with Crippen molar-refractivity contribution in [3.8, 4) is 0 Å².